The van der Waals surface area contributed by atoms with E-state index in [1.165, 1.54) is 0 Å². The van der Waals surface area contributed by atoms with Gasteiger partial charge < -0.3 is 9.84 Å². The Hall–Kier alpha value is -2.95. The zero-order valence-electron chi connectivity index (χ0n) is 16.8. The number of carbonyl (C=O) groups is 1. The minimum absolute atomic E-state index is 0.266. The summed E-state index contributed by atoms with van der Waals surface area (Å²) in [7, 11) is 0. The quantitative estimate of drug-likeness (QED) is 0.453. The first kappa shape index (κ1) is 20.8. The van der Waals surface area contributed by atoms with Crippen LogP contribution in [0.1, 0.15) is 30.5 Å². The third-order valence-electron chi connectivity index (χ3n) is 4.83. The number of rotatable bonds is 8. The summed E-state index contributed by atoms with van der Waals surface area (Å²) in [4.78, 5) is 12.7. The van der Waals surface area contributed by atoms with Crippen LogP contribution in [0.4, 0.5) is 0 Å². The lowest BCUT2D eigenvalue weighted by atomic mass is 9.76. The van der Waals surface area contributed by atoms with Gasteiger partial charge in [0.1, 0.15) is 6.04 Å². The van der Waals surface area contributed by atoms with Crippen molar-refractivity contribution in [1.82, 2.24) is 5.32 Å². The van der Waals surface area contributed by atoms with E-state index in [1.54, 1.807) is 13.8 Å². The van der Waals surface area contributed by atoms with Crippen molar-refractivity contribution in [1.29, 1.82) is 0 Å². The van der Waals surface area contributed by atoms with Crippen LogP contribution in [0.25, 0.3) is 0 Å². The minimum Gasteiger partial charge on any atom is -0.462 e. The summed E-state index contributed by atoms with van der Waals surface area (Å²) in [5.74, 6) is -0.477. The topological polar surface area (TPSA) is 58.6 Å². The summed E-state index contributed by atoms with van der Waals surface area (Å²) in [6.45, 7) is 3.22. The molecule has 0 radical (unpaired) electrons. The van der Waals surface area contributed by atoms with E-state index in [2.05, 4.69) is 5.32 Å². The van der Waals surface area contributed by atoms with Gasteiger partial charge in [-0.2, -0.15) is 0 Å². The Kier molecular flexibility index (Phi) is 6.81. The molecule has 0 heterocycles. The molecule has 29 heavy (non-hydrogen) atoms. The first-order chi connectivity index (χ1) is 14.1. The molecule has 0 bridgehead atoms. The minimum atomic E-state index is -0.891. The second-order valence-corrected chi connectivity index (χ2v) is 7.21. The summed E-state index contributed by atoms with van der Waals surface area (Å²) in [6, 6.07) is 28.9. The molecule has 0 aliphatic heterocycles. The Balaban J connectivity index is 2.21. The lowest BCUT2D eigenvalue weighted by Gasteiger charge is -2.39. The molecule has 0 saturated carbocycles. The zero-order valence-corrected chi connectivity index (χ0v) is 16.8. The maximum absolute atomic E-state index is 12.7. The highest BCUT2D eigenvalue weighted by Crippen LogP contribution is 2.37. The van der Waals surface area contributed by atoms with Crippen molar-refractivity contribution in [2.24, 2.45) is 0 Å². The van der Waals surface area contributed by atoms with E-state index in [0.29, 0.717) is 0 Å². The molecule has 1 unspecified atom stereocenters. The number of aliphatic hydroxyl groups is 1. The maximum Gasteiger partial charge on any atom is 0.325 e. The zero-order chi connectivity index (χ0) is 20.7. The largest absolute Gasteiger partial charge is 0.462 e. The predicted octanol–water partition coefficient (Wildman–Crippen LogP) is 3.88. The molecule has 0 amide bonds. The third kappa shape index (κ3) is 4.56. The summed E-state index contributed by atoms with van der Waals surface area (Å²) in [5, 5.41) is 13.5. The molecule has 0 aliphatic carbocycles. The lowest BCUT2D eigenvalue weighted by Crippen LogP contribution is -2.54. The van der Waals surface area contributed by atoms with Crippen LogP contribution in [0.3, 0.4) is 0 Å². The van der Waals surface area contributed by atoms with Crippen molar-refractivity contribution in [3.8, 4) is 0 Å². The second-order valence-electron chi connectivity index (χ2n) is 7.21. The van der Waals surface area contributed by atoms with Gasteiger partial charge in [0.2, 0.25) is 0 Å². The van der Waals surface area contributed by atoms with Gasteiger partial charge in [-0.1, -0.05) is 91.0 Å². The van der Waals surface area contributed by atoms with E-state index in [1.807, 2.05) is 91.0 Å². The summed E-state index contributed by atoms with van der Waals surface area (Å²) >= 11 is 0. The average molecular weight is 389 g/mol. The highest BCUT2D eigenvalue weighted by Gasteiger charge is 2.40. The molecule has 4 nitrogen and oxygen atoms in total. The Morgan fingerprint density at radius 1 is 0.828 bits per heavy atom. The van der Waals surface area contributed by atoms with Crippen LogP contribution in [0.15, 0.2) is 91.0 Å². The first-order valence-corrected chi connectivity index (χ1v) is 9.83. The van der Waals surface area contributed by atoms with Crippen LogP contribution in [-0.2, 0) is 15.1 Å². The molecule has 3 aromatic carbocycles. The molecular formula is C25H27NO3. The molecule has 1 atom stereocenters. The highest BCUT2D eigenvalue weighted by molar-refractivity contribution is 5.76. The van der Waals surface area contributed by atoms with Crippen molar-refractivity contribution in [3.05, 3.63) is 108 Å². The van der Waals surface area contributed by atoms with Gasteiger partial charge in [-0.15, -0.1) is 0 Å². The molecule has 0 saturated heterocycles. The number of ether oxygens (including phenoxy) is 1. The van der Waals surface area contributed by atoms with E-state index in [4.69, 9.17) is 4.74 Å². The smallest absolute Gasteiger partial charge is 0.325 e. The first-order valence-electron chi connectivity index (χ1n) is 9.83. The van der Waals surface area contributed by atoms with Crippen molar-refractivity contribution >= 4 is 5.97 Å². The predicted molar refractivity (Wildman–Crippen MR) is 114 cm³/mol. The Bertz CT molecular complexity index is 798. The Morgan fingerprint density at radius 2 is 1.21 bits per heavy atom. The summed E-state index contributed by atoms with van der Waals surface area (Å²) in [6.07, 6.45) is -0.266. The number of nitrogens with one attached hydrogen (secondary N) is 1. The van der Waals surface area contributed by atoms with Gasteiger partial charge in [0.25, 0.3) is 0 Å². The molecule has 0 aromatic heterocycles. The van der Waals surface area contributed by atoms with Gasteiger partial charge in [-0.25, -0.2) is 0 Å². The van der Waals surface area contributed by atoms with E-state index in [0.717, 1.165) is 16.7 Å². The highest BCUT2D eigenvalue weighted by atomic mass is 16.5. The van der Waals surface area contributed by atoms with Gasteiger partial charge >= 0.3 is 5.97 Å². The molecule has 150 valence electrons. The van der Waals surface area contributed by atoms with E-state index < -0.39 is 17.6 Å². The third-order valence-corrected chi connectivity index (χ3v) is 4.83. The fourth-order valence-corrected chi connectivity index (χ4v) is 3.57. The second kappa shape index (κ2) is 9.50. The number of carbonyl (C=O) groups excluding carboxylic acids is 1. The Morgan fingerprint density at radius 3 is 1.52 bits per heavy atom. The number of aliphatic hydroxyl groups excluding tert-OH is 1. The maximum atomic E-state index is 12.7. The van der Waals surface area contributed by atoms with Crippen molar-refractivity contribution in [2.45, 2.75) is 31.5 Å². The van der Waals surface area contributed by atoms with E-state index >= 15 is 0 Å². The van der Waals surface area contributed by atoms with Crippen LogP contribution in [-0.4, -0.2) is 29.8 Å². The van der Waals surface area contributed by atoms with Crippen molar-refractivity contribution in [2.75, 3.05) is 6.61 Å². The fraction of sp³-hybridized carbons (Fsp3) is 0.240. The lowest BCUT2D eigenvalue weighted by molar-refractivity contribution is -0.151. The standard InChI is InChI=1S/C25H27NO3/c1-19(2)29-24(28)23(18-27)26-25(20-12-6-3-7-13-20,21-14-8-4-9-15-21)22-16-10-5-11-17-22/h3-17,19,23,26-27H,18H2,1-2H3. The molecular weight excluding hydrogens is 362 g/mol. The number of benzene rings is 3. The number of hydrogen-bond acceptors (Lipinski definition) is 4. The van der Waals surface area contributed by atoms with Crippen molar-refractivity contribution < 1.29 is 14.6 Å². The van der Waals surface area contributed by atoms with Crippen molar-refractivity contribution in [3.63, 3.8) is 0 Å². The van der Waals surface area contributed by atoms with Crippen LogP contribution in [0, 0.1) is 0 Å². The molecule has 3 aromatic rings. The monoisotopic (exact) mass is 389 g/mol. The van der Waals surface area contributed by atoms with Crippen LogP contribution in [0.5, 0.6) is 0 Å². The van der Waals surface area contributed by atoms with Crippen LogP contribution in [0.2, 0.25) is 0 Å². The molecule has 4 heteroatoms. The van der Waals surface area contributed by atoms with Crippen LogP contribution >= 0.6 is 0 Å². The summed E-state index contributed by atoms with van der Waals surface area (Å²) < 4.78 is 5.40. The van der Waals surface area contributed by atoms with Gasteiger partial charge in [-0.3, -0.25) is 10.1 Å². The number of hydrogen-bond donors (Lipinski definition) is 2. The van der Waals surface area contributed by atoms with Gasteiger partial charge in [0.05, 0.1) is 18.2 Å². The van der Waals surface area contributed by atoms with Crippen LogP contribution < -0.4 is 5.32 Å². The summed E-state index contributed by atoms with van der Waals surface area (Å²) in [5.41, 5.74) is 2.06. The van der Waals surface area contributed by atoms with Gasteiger partial charge in [0.15, 0.2) is 0 Å². The number of esters is 1. The fourth-order valence-electron chi connectivity index (χ4n) is 3.57. The average Bonchev–Trinajstić information content (AvgIpc) is 2.76. The molecule has 0 spiro atoms. The molecule has 3 rings (SSSR count). The van der Waals surface area contributed by atoms with E-state index in [-0.39, 0.29) is 12.7 Å². The molecule has 2 N–H and O–H groups in total. The van der Waals surface area contributed by atoms with Gasteiger partial charge in [0, 0.05) is 0 Å². The normalized spacial score (nSPS) is 12.6. The Labute approximate surface area is 172 Å². The molecule has 0 fully saturated rings. The SMILES string of the molecule is CC(C)OC(=O)C(CO)NC(c1ccccc1)(c1ccccc1)c1ccccc1. The molecule has 0 aliphatic rings. The van der Waals surface area contributed by atoms with E-state index in [9.17, 15) is 9.90 Å². The van der Waals surface area contributed by atoms with Gasteiger partial charge in [-0.05, 0) is 30.5 Å².